The van der Waals surface area contributed by atoms with Crippen LogP contribution in [-0.2, 0) is 35.8 Å². The minimum absolute atomic E-state index is 0.0628. The number of cyclic esters (lactones) is 1. The molecule has 274 valence electrons. The molecular formula is C40H50ClN3O6S. The SMILES string of the molecule is C=S1(=O)NC(=O)c2ccc3c(c2)N(C[C@@H]2CC[C@H]2[C@@](CC2=NC(C)(C)C(=O)O2)(OC)/C=C/C[C@H](C)[C@H]1C)C[C@@]1(CCCc2cc(Cl)ccc21)CO3. The summed E-state index contributed by atoms with van der Waals surface area (Å²) in [5.74, 6) is 4.59. The third-order valence-electron chi connectivity index (χ3n) is 12.3. The molecule has 3 aliphatic heterocycles. The molecule has 1 N–H and O–H groups in total. The number of carbonyl (C=O) groups is 2. The lowest BCUT2D eigenvalue weighted by atomic mass is 9.63. The van der Waals surface area contributed by atoms with Crippen LogP contribution < -0.4 is 14.4 Å². The number of esters is 1. The van der Waals surface area contributed by atoms with E-state index in [1.807, 2.05) is 32.0 Å². The Hall–Kier alpha value is -3.34. The monoisotopic (exact) mass is 735 g/mol. The van der Waals surface area contributed by atoms with Gasteiger partial charge in [0.15, 0.2) is 11.4 Å². The average Bonchev–Trinajstić information content (AvgIpc) is 3.22. The number of halogens is 1. The maximum absolute atomic E-state index is 14.0. The minimum Gasteiger partial charge on any atom is -0.490 e. The van der Waals surface area contributed by atoms with Crippen molar-refractivity contribution in [1.82, 2.24) is 4.72 Å². The topological polar surface area (TPSA) is 107 Å². The minimum atomic E-state index is -3.01. The summed E-state index contributed by atoms with van der Waals surface area (Å²) in [7, 11) is -1.29. The number of aryl methyl sites for hydroxylation is 1. The van der Waals surface area contributed by atoms with E-state index in [1.165, 1.54) is 11.1 Å². The van der Waals surface area contributed by atoms with Gasteiger partial charge in [-0.15, -0.1) is 0 Å². The summed E-state index contributed by atoms with van der Waals surface area (Å²) < 4.78 is 35.7. The number of nitrogens with one attached hydrogen (secondary N) is 1. The molecule has 2 aromatic carbocycles. The summed E-state index contributed by atoms with van der Waals surface area (Å²) >= 11 is 6.48. The van der Waals surface area contributed by atoms with Gasteiger partial charge in [-0.3, -0.25) is 9.52 Å². The second-order valence-electron chi connectivity index (χ2n) is 16.0. The number of carbonyl (C=O) groups excluding carboxylic acids is 2. The number of rotatable bonds is 3. The van der Waals surface area contributed by atoms with Crippen molar-refractivity contribution >= 4 is 50.6 Å². The van der Waals surface area contributed by atoms with Crippen molar-refractivity contribution in [3.63, 3.8) is 0 Å². The van der Waals surface area contributed by atoms with Crippen molar-refractivity contribution in [1.29, 1.82) is 0 Å². The van der Waals surface area contributed by atoms with Crippen LogP contribution in [0.2, 0.25) is 5.02 Å². The third kappa shape index (κ3) is 6.61. The fourth-order valence-electron chi connectivity index (χ4n) is 8.86. The number of nitrogens with zero attached hydrogens (tertiary/aromatic N) is 2. The lowest BCUT2D eigenvalue weighted by Gasteiger charge is -2.50. The van der Waals surface area contributed by atoms with E-state index in [2.05, 4.69) is 44.8 Å². The van der Waals surface area contributed by atoms with Crippen molar-refractivity contribution in [2.24, 2.45) is 22.7 Å². The molecule has 2 aliphatic carbocycles. The van der Waals surface area contributed by atoms with Crippen LogP contribution in [-0.4, -0.2) is 71.0 Å². The highest BCUT2D eigenvalue weighted by Gasteiger charge is 2.51. The van der Waals surface area contributed by atoms with Crippen LogP contribution in [0.5, 0.6) is 5.75 Å². The first-order valence-electron chi connectivity index (χ1n) is 18.2. The standard InChI is InChI=1S/C40H50ClN3O6S/c1-25-9-7-18-40(48-5,21-35-42-38(3,4)37(46)50-35)32-14-11-29(32)22-44-23-39(17-8-10-27-19-30(41)13-15-31(27)39)24-49-34-16-12-28(20-33(34)44)36(45)43-51(6,47)26(25)2/h7,12-13,15-16,18-20,25-26,29,32H,6,8-11,14,17,21-24H2,1-5H3,(H,43,45,47)/b18-7+/t25-,26+,29-,32+,39-,40+,51?/m0/s1. The maximum atomic E-state index is 14.0. The lowest BCUT2D eigenvalue weighted by molar-refractivity contribution is -0.138. The summed E-state index contributed by atoms with van der Waals surface area (Å²) in [4.78, 5) is 33.5. The molecule has 0 saturated heterocycles. The second kappa shape index (κ2) is 13.3. The molecule has 7 atom stereocenters. The number of aliphatic imine (C=N–C) groups is 1. The quantitative estimate of drug-likeness (QED) is 0.213. The molecule has 1 spiro atoms. The van der Waals surface area contributed by atoms with Crippen molar-refractivity contribution in [3.05, 3.63) is 70.3 Å². The van der Waals surface area contributed by atoms with E-state index in [-0.39, 0.29) is 29.1 Å². The van der Waals surface area contributed by atoms with Crippen molar-refractivity contribution in [2.45, 2.75) is 94.4 Å². The maximum Gasteiger partial charge on any atom is 0.340 e. The summed E-state index contributed by atoms with van der Waals surface area (Å²) in [5, 5.41) is 0.325. The van der Waals surface area contributed by atoms with Crippen molar-refractivity contribution < 1.29 is 28.0 Å². The zero-order valence-corrected chi connectivity index (χ0v) is 31.9. The number of benzene rings is 2. The van der Waals surface area contributed by atoms with Gasteiger partial charge in [-0.25, -0.2) is 14.0 Å². The predicted molar refractivity (Wildman–Crippen MR) is 204 cm³/mol. The predicted octanol–water partition coefficient (Wildman–Crippen LogP) is 6.69. The van der Waals surface area contributed by atoms with Gasteiger partial charge in [-0.1, -0.05) is 36.7 Å². The summed E-state index contributed by atoms with van der Waals surface area (Å²) in [6, 6.07) is 11.7. The normalized spacial score (nSPS) is 35.3. The van der Waals surface area contributed by atoms with Gasteiger partial charge in [0.1, 0.15) is 5.75 Å². The van der Waals surface area contributed by atoms with Crippen LogP contribution in [0, 0.1) is 17.8 Å². The number of fused-ring (bicyclic) bond motifs is 4. The largest absolute Gasteiger partial charge is 0.490 e. The van der Waals surface area contributed by atoms with E-state index in [0.717, 1.165) is 42.8 Å². The highest BCUT2D eigenvalue weighted by Crippen LogP contribution is 2.50. The molecule has 51 heavy (non-hydrogen) atoms. The number of ether oxygens (including phenoxy) is 3. The highest BCUT2D eigenvalue weighted by atomic mass is 35.5. The fraction of sp³-hybridized carbons (Fsp3) is 0.550. The van der Waals surface area contributed by atoms with Gasteiger partial charge in [0.2, 0.25) is 0 Å². The summed E-state index contributed by atoms with van der Waals surface area (Å²) in [5.41, 5.74) is 1.74. The first kappa shape index (κ1) is 36.0. The zero-order chi connectivity index (χ0) is 36.3. The number of allylic oxidation sites excluding steroid dienone is 1. The zero-order valence-electron chi connectivity index (χ0n) is 30.3. The van der Waals surface area contributed by atoms with Gasteiger partial charge in [0.05, 0.1) is 34.0 Å². The van der Waals surface area contributed by atoms with Crippen LogP contribution in [0.25, 0.3) is 0 Å². The Morgan fingerprint density at radius 1 is 1.16 bits per heavy atom. The van der Waals surface area contributed by atoms with Crippen molar-refractivity contribution in [2.75, 3.05) is 31.7 Å². The highest BCUT2D eigenvalue weighted by molar-refractivity contribution is 7.99. The smallest absolute Gasteiger partial charge is 0.340 e. The number of anilines is 1. The molecular weight excluding hydrogens is 686 g/mol. The van der Waals surface area contributed by atoms with Crippen LogP contribution in [0.4, 0.5) is 5.69 Å². The Bertz CT molecular complexity index is 1910. The van der Waals surface area contributed by atoms with E-state index in [1.54, 1.807) is 27.0 Å². The molecule has 2 aromatic rings. The van der Waals surface area contributed by atoms with E-state index in [9.17, 15) is 13.8 Å². The van der Waals surface area contributed by atoms with Gasteiger partial charge in [-0.05, 0) is 124 Å². The van der Waals surface area contributed by atoms with Gasteiger partial charge < -0.3 is 19.1 Å². The van der Waals surface area contributed by atoms with Gasteiger partial charge in [-0.2, -0.15) is 0 Å². The Labute approximate surface area is 307 Å². The fourth-order valence-corrected chi connectivity index (χ4v) is 10.5. The molecule has 9 nitrogen and oxygen atoms in total. The molecule has 11 heteroatoms. The molecule has 0 aromatic heterocycles. The van der Waals surface area contributed by atoms with Crippen LogP contribution in [0.15, 0.2) is 53.5 Å². The Morgan fingerprint density at radius 2 is 1.96 bits per heavy atom. The Morgan fingerprint density at radius 3 is 2.67 bits per heavy atom. The molecule has 1 fully saturated rings. The van der Waals surface area contributed by atoms with Gasteiger partial charge in [0, 0.05) is 41.5 Å². The molecule has 1 amide bonds. The first-order valence-corrected chi connectivity index (χ1v) is 20.3. The molecule has 0 radical (unpaired) electrons. The third-order valence-corrected chi connectivity index (χ3v) is 14.7. The Kier molecular flexibility index (Phi) is 9.37. The van der Waals surface area contributed by atoms with E-state index >= 15 is 0 Å². The summed E-state index contributed by atoms with van der Waals surface area (Å²) in [6.07, 6.45) is 9.98. The average molecular weight is 736 g/mol. The first-order chi connectivity index (χ1) is 24.2. The van der Waals surface area contributed by atoms with Crippen LogP contribution in [0.3, 0.4) is 0 Å². The van der Waals surface area contributed by atoms with Gasteiger partial charge >= 0.3 is 5.97 Å². The van der Waals surface area contributed by atoms with E-state index in [0.29, 0.717) is 49.7 Å². The molecule has 1 saturated carbocycles. The van der Waals surface area contributed by atoms with E-state index in [4.69, 9.17) is 25.8 Å². The van der Waals surface area contributed by atoms with E-state index < -0.39 is 32.0 Å². The molecule has 3 heterocycles. The number of hydrogen-bond donors (Lipinski definition) is 1. The number of methoxy groups -OCH3 is 1. The number of hydrogen-bond acceptors (Lipinski definition) is 8. The van der Waals surface area contributed by atoms with Crippen LogP contribution >= 0.6 is 11.6 Å². The van der Waals surface area contributed by atoms with Gasteiger partial charge in [0.25, 0.3) is 5.91 Å². The summed E-state index contributed by atoms with van der Waals surface area (Å²) in [6.45, 7) is 9.32. The Balaban J connectivity index is 1.33. The molecule has 1 unspecified atom stereocenters. The second-order valence-corrected chi connectivity index (χ2v) is 18.8. The number of amides is 1. The van der Waals surface area contributed by atoms with Crippen molar-refractivity contribution in [3.8, 4) is 5.75 Å². The molecule has 7 rings (SSSR count). The lowest BCUT2D eigenvalue weighted by Crippen LogP contribution is -2.53. The molecule has 2 bridgehead atoms. The molecule has 5 aliphatic rings. The van der Waals surface area contributed by atoms with Crippen LogP contribution in [0.1, 0.15) is 87.7 Å².